The van der Waals surface area contributed by atoms with E-state index in [0.717, 1.165) is 9.80 Å². The fraction of sp³-hybridized carbons (Fsp3) is 0.600. The van der Waals surface area contributed by atoms with Crippen LogP contribution in [0.1, 0.15) is 0 Å². The Morgan fingerprint density at radius 1 is 0.520 bits per heavy atom. The fourth-order valence-corrected chi connectivity index (χ4v) is 1.48. The Morgan fingerprint density at radius 3 is 0.800 bits per heavy atom. The number of aliphatic carboxylic acids is 4. The van der Waals surface area contributed by atoms with E-state index in [1.54, 1.807) is 0 Å². The third-order valence-corrected chi connectivity index (χ3v) is 2.17. The molecule has 8 N–H and O–H groups in total. The molecule has 0 atom stereocenters. The minimum absolute atomic E-state index is 0. The molecule has 136 valence electrons. The van der Waals surface area contributed by atoms with Crippen molar-refractivity contribution in [2.75, 3.05) is 39.3 Å². The Hall–Kier alpha value is 0.720. The quantitative estimate of drug-likeness (QED) is 0.241. The van der Waals surface area contributed by atoms with E-state index in [4.69, 9.17) is 20.4 Å². The maximum atomic E-state index is 10.6. The summed E-state index contributed by atoms with van der Waals surface area (Å²) >= 11 is 0. The van der Waals surface area contributed by atoms with E-state index in [-0.39, 0.29) is 113 Å². The maximum absolute atomic E-state index is 10.6. The second kappa shape index (κ2) is 22.8. The Balaban J connectivity index is -0.000000180. The molecule has 0 aliphatic rings. The molecule has 0 fully saturated rings. The van der Waals surface area contributed by atoms with Gasteiger partial charge in [0.1, 0.15) is 0 Å². The molecule has 0 aromatic heterocycles. The van der Waals surface area contributed by atoms with Gasteiger partial charge in [-0.1, -0.05) is 0 Å². The third kappa shape index (κ3) is 27.0. The van der Waals surface area contributed by atoms with Crippen LogP contribution in [0.2, 0.25) is 0 Å². The summed E-state index contributed by atoms with van der Waals surface area (Å²) in [6.07, 6.45) is 0. The van der Waals surface area contributed by atoms with Gasteiger partial charge in [-0.05, 0) is 0 Å². The molecule has 0 amide bonds. The van der Waals surface area contributed by atoms with Gasteiger partial charge in [0.15, 0.2) is 0 Å². The van der Waals surface area contributed by atoms with Crippen LogP contribution in [0.4, 0.5) is 0 Å². The van der Waals surface area contributed by atoms with E-state index in [2.05, 4.69) is 0 Å². The van der Waals surface area contributed by atoms with Crippen molar-refractivity contribution in [3.05, 3.63) is 0 Å². The van der Waals surface area contributed by atoms with E-state index in [1.165, 1.54) is 0 Å². The van der Waals surface area contributed by atoms with Crippen molar-refractivity contribution in [1.29, 1.82) is 0 Å². The summed E-state index contributed by atoms with van der Waals surface area (Å²) in [6.45, 7) is -2.25. The summed E-state index contributed by atoms with van der Waals surface area (Å²) in [5, 5.41) is 34.5. The van der Waals surface area contributed by atoms with Crippen molar-refractivity contribution < 1.29 is 50.6 Å². The van der Waals surface area contributed by atoms with Crippen molar-refractivity contribution in [1.82, 2.24) is 9.80 Å². The molecule has 0 spiro atoms. The zero-order chi connectivity index (χ0) is 15.7. The number of nitrogens with zero attached hydrogens (tertiary/aromatic N) is 2. The van der Waals surface area contributed by atoms with Crippen LogP contribution in [0.25, 0.3) is 0 Å². The molecule has 0 bridgehead atoms. The molecule has 0 saturated heterocycles. The molecule has 0 aliphatic carbocycles. The number of carboxylic acid groups (broad SMARTS) is 4. The Bertz CT molecular complexity index is 331. The van der Waals surface area contributed by atoms with Gasteiger partial charge in [0.2, 0.25) is 0 Å². The van der Waals surface area contributed by atoms with Crippen LogP contribution in [-0.4, -0.2) is 193 Å². The van der Waals surface area contributed by atoms with Crippen molar-refractivity contribution in [3.8, 4) is 0 Å². The number of hydrogen-bond acceptors (Lipinski definition) is 6. The normalized spacial score (nSPS) is 8.56. The summed E-state index contributed by atoms with van der Waals surface area (Å²) in [7, 11) is 0. The summed E-state index contributed by atoms with van der Waals surface area (Å²) in [6, 6.07) is 0. The predicted molar refractivity (Wildman–Crippen MR) is 92.1 cm³/mol. The summed E-state index contributed by atoms with van der Waals surface area (Å²) in [5.74, 6) is -4.91. The first-order valence-electron chi connectivity index (χ1n) is 5.52. The number of carbonyl (C=O) groups is 4. The van der Waals surface area contributed by atoms with Gasteiger partial charge in [-0.2, -0.15) is 0 Å². The van der Waals surface area contributed by atoms with E-state index in [0.29, 0.717) is 0 Å². The molecule has 0 aromatic carbocycles. The first-order valence-corrected chi connectivity index (χ1v) is 5.52. The molecule has 0 radical (unpaired) electrons. The van der Waals surface area contributed by atoms with Crippen LogP contribution in [0, 0.1) is 0 Å². The second-order valence-electron chi connectivity index (χ2n) is 4.00. The van der Waals surface area contributed by atoms with Gasteiger partial charge < -0.3 is 31.4 Å². The molecule has 0 saturated carbocycles. The molecule has 12 nitrogen and oxygen atoms in total. The fourth-order valence-electron chi connectivity index (χ4n) is 1.48. The first kappa shape index (κ1) is 40.4. The predicted octanol–water partition coefficient (Wildman–Crippen LogP) is -5.67. The number of rotatable bonds is 11. The van der Waals surface area contributed by atoms with Gasteiger partial charge in [-0.3, -0.25) is 29.0 Å². The number of carboxylic acids is 4. The van der Waals surface area contributed by atoms with Gasteiger partial charge in [-0.25, -0.2) is 0 Å². The van der Waals surface area contributed by atoms with Crippen LogP contribution in [0.3, 0.4) is 0 Å². The van der Waals surface area contributed by atoms with Crippen LogP contribution in [-0.2, 0) is 19.2 Å². The third-order valence-electron chi connectivity index (χ3n) is 2.17. The molecular weight excluding hydrogens is 377 g/mol. The summed E-state index contributed by atoms with van der Waals surface area (Å²) in [5.41, 5.74) is 0. The topological polar surface area (TPSA) is 219 Å². The monoisotopic (exact) mass is 400 g/mol. The standard InChI is InChI=1S/C10H16N2O8.3Na.2H2O.3H/c13-7(14)3-11(4-8(15)16)1-2-12(5-9(17)18)6-10(19)20;;;;;;;;/h1-6H2,(H,13,14)(H,15,16)(H,17,18)(H,19,20);;;;2*1H2;;;. The van der Waals surface area contributed by atoms with Gasteiger partial charge in [0, 0.05) is 13.1 Å². The van der Waals surface area contributed by atoms with E-state index in [1.807, 2.05) is 0 Å². The van der Waals surface area contributed by atoms with Gasteiger partial charge in [0.05, 0.1) is 26.2 Å². The molecule has 0 aliphatic heterocycles. The van der Waals surface area contributed by atoms with E-state index in [9.17, 15) is 19.2 Å². The molecule has 15 heteroatoms. The van der Waals surface area contributed by atoms with Crippen molar-refractivity contribution in [2.24, 2.45) is 0 Å². The van der Waals surface area contributed by atoms with E-state index >= 15 is 0 Å². The molecule has 0 rings (SSSR count). The SMILES string of the molecule is O.O.O=C(O)CN(CCN(CC(=O)O)CC(=O)O)CC(=O)O.[NaH].[NaH].[NaH]. The van der Waals surface area contributed by atoms with Gasteiger partial charge >= 0.3 is 113 Å². The summed E-state index contributed by atoms with van der Waals surface area (Å²) in [4.78, 5) is 44.4. The average molecular weight is 400 g/mol. The van der Waals surface area contributed by atoms with Crippen LogP contribution < -0.4 is 0 Å². The molecular formula is C10H23N2Na3O10. The van der Waals surface area contributed by atoms with Crippen molar-refractivity contribution in [3.63, 3.8) is 0 Å². The molecule has 0 aromatic rings. The molecule has 0 heterocycles. The van der Waals surface area contributed by atoms with Crippen molar-refractivity contribution in [2.45, 2.75) is 0 Å². The first-order chi connectivity index (χ1) is 9.20. The summed E-state index contributed by atoms with van der Waals surface area (Å²) < 4.78 is 0. The zero-order valence-corrected chi connectivity index (χ0v) is 11.6. The van der Waals surface area contributed by atoms with Crippen LogP contribution >= 0.6 is 0 Å². The molecule has 25 heavy (non-hydrogen) atoms. The van der Waals surface area contributed by atoms with Crippen LogP contribution in [0.5, 0.6) is 0 Å². The van der Waals surface area contributed by atoms with E-state index < -0.39 is 50.1 Å². The molecule has 0 unspecified atom stereocenters. The van der Waals surface area contributed by atoms with Gasteiger partial charge in [-0.15, -0.1) is 0 Å². The van der Waals surface area contributed by atoms with Crippen molar-refractivity contribution >= 4 is 113 Å². The van der Waals surface area contributed by atoms with Gasteiger partial charge in [0.25, 0.3) is 0 Å². The second-order valence-corrected chi connectivity index (χ2v) is 4.00. The van der Waals surface area contributed by atoms with Crippen LogP contribution in [0.15, 0.2) is 0 Å². The minimum atomic E-state index is -1.23. The Labute approximate surface area is 210 Å². The Kier molecular flexibility index (Phi) is 36.8. The average Bonchev–Trinajstić information content (AvgIpc) is 2.22. The Morgan fingerprint density at radius 2 is 0.680 bits per heavy atom. The number of hydrogen-bond donors (Lipinski definition) is 4. The zero-order valence-electron chi connectivity index (χ0n) is 11.6.